The van der Waals surface area contributed by atoms with Crippen LogP contribution in [-0.2, 0) is 0 Å². The van der Waals surface area contributed by atoms with E-state index in [-0.39, 0.29) is 6.04 Å². The fourth-order valence-corrected chi connectivity index (χ4v) is 2.09. The fourth-order valence-electron chi connectivity index (χ4n) is 1.22. The lowest BCUT2D eigenvalue weighted by Crippen LogP contribution is -2.09. The Hall–Kier alpha value is -0.0600. The summed E-state index contributed by atoms with van der Waals surface area (Å²) in [6, 6.07) is 5.72. The zero-order chi connectivity index (χ0) is 10.7. The minimum Gasteiger partial charge on any atom is -0.321 e. The second kappa shape index (κ2) is 5.14. The van der Waals surface area contributed by atoms with E-state index in [1.165, 1.54) is 5.57 Å². The molecule has 0 amide bonds. The molecule has 1 aromatic carbocycles. The number of halogens is 2. The second-order valence-electron chi connectivity index (χ2n) is 3.44. The zero-order valence-electron chi connectivity index (χ0n) is 8.22. The summed E-state index contributed by atoms with van der Waals surface area (Å²) in [5.74, 6) is 0. The quantitative estimate of drug-likeness (QED) is 0.648. The van der Waals surface area contributed by atoms with Crippen LogP contribution in [0.15, 0.2) is 29.8 Å². The summed E-state index contributed by atoms with van der Waals surface area (Å²) in [4.78, 5) is 0. The van der Waals surface area contributed by atoms with Gasteiger partial charge in [0.2, 0.25) is 0 Å². The van der Waals surface area contributed by atoms with Crippen LogP contribution in [0.1, 0.15) is 25.5 Å². The molecule has 0 aromatic heterocycles. The first kappa shape index (κ1) is 12.0. The fraction of sp³-hybridized carbons (Fsp3) is 0.273. The van der Waals surface area contributed by atoms with E-state index in [2.05, 4.69) is 22.6 Å². The third-order valence-electron chi connectivity index (χ3n) is 1.83. The van der Waals surface area contributed by atoms with E-state index in [4.69, 9.17) is 17.3 Å². The number of hydrogen-bond acceptors (Lipinski definition) is 1. The first-order chi connectivity index (χ1) is 6.50. The average Bonchev–Trinajstić information content (AvgIpc) is 2.08. The monoisotopic (exact) mass is 321 g/mol. The summed E-state index contributed by atoms with van der Waals surface area (Å²) in [5.41, 5.74) is 8.32. The smallest absolute Gasteiger partial charge is 0.0494 e. The molecule has 1 rings (SSSR count). The van der Waals surface area contributed by atoms with E-state index in [1.807, 2.05) is 38.1 Å². The van der Waals surface area contributed by atoms with Gasteiger partial charge in [0, 0.05) is 14.6 Å². The molecule has 0 aliphatic heterocycles. The van der Waals surface area contributed by atoms with Crippen molar-refractivity contribution in [2.24, 2.45) is 5.73 Å². The summed E-state index contributed by atoms with van der Waals surface area (Å²) >= 11 is 8.19. The van der Waals surface area contributed by atoms with Crippen LogP contribution in [0.25, 0.3) is 0 Å². The maximum Gasteiger partial charge on any atom is 0.0494 e. The van der Waals surface area contributed by atoms with Gasteiger partial charge in [0.25, 0.3) is 0 Å². The summed E-state index contributed by atoms with van der Waals surface area (Å²) < 4.78 is 1.15. The van der Waals surface area contributed by atoms with Crippen LogP contribution < -0.4 is 5.73 Å². The lowest BCUT2D eigenvalue weighted by Gasteiger charge is -2.10. The number of nitrogens with two attached hydrogens (primary N) is 1. The molecule has 0 aliphatic rings. The van der Waals surface area contributed by atoms with Gasteiger partial charge in [-0.1, -0.05) is 23.3 Å². The van der Waals surface area contributed by atoms with E-state index in [1.54, 1.807) is 0 Å². The molecule has 0 radical (unpaired) electrons. The lowest BCUT2D eigenvalue weighted by molar-refractivity contribution is 0.892. The summed E-state index contributed by atoms with van der Waals surface area (Å²) in [6.07, 6.45) is 2.04. The van der Waals surface area contributed by atoms with E-state index in [9.17, 15) is 0 Å². The van der Waals surface area contributed by atoms with Crippen LogP contribution in [0, 0.1) is 3.57 Å². The highest BCUT2D eigenvalue weighted by Crippen LogP contribution is 2.23. The van der Waals surface area contributed by atoms with Crippen molar-refractivity contribution in [2.75, 3.05) is 0 Å². The number of benzene rings is 1. The van der Waals surface area contributed by atoms with Crippen LogP contribution in [0.3, 0.4) is 0 Å². The molecule has 14 heavy (non-hydrogen) atoms. The van der Waals surface area contributed by atoms with Crippen molar-refractivity contribution in [1.29, 1.82) is 0 Å². The Balaban J connectivity index is 3.05. The van der Waals surface area contributed by atoms with Crippen molar-refractivity contribution in [3.63, 3.8) is 0 Å². The largest absolute Gasteiger partial charge is 0.321 e. The van der Waals surface area contributed by atoms with Crippen LogP contribution >= 0.6 is 34.2 Å². The second-order valence-corrected chi connectivity index (χ2v) is 5.03. The molecular weight excluding hydrogens is 308 g/mol. The van der Waals surface area contributed by atoms with Gasteiger partial charge in [-0.3, -0.25) is 0 Å². The van der Waals surface area contributed by atoms with Crippen LogP contribution in [-0.4, -0.2) is 0 Å². The van der Waals surface area contributed by atoms with E-state index >= 15 is 0 Å². The highest BCUT2D eigenvalue weighted by atomic mass is 127. The Morgan fingerprint density at radius 2 is 2.14 bits per heavy atom. The first-order valence-electron chi connectivity index (χ1n) is 4.36. The van der Waals surface area contributed by atoms with Gasteiger partial charge >= 0.3 is 0 Å². The minimum absolute atomic E-state index is 0.0643. The van der Waals surface area contributed by atoms with Gasteiger partial charge < -0.3 is 5.73 Å². The highest BCUT2D eigenvalue weighted by molar-refractivity contribution is 14.1. The molecule has 0 bridgehead atoms. The third-order valence-corrected chi connectivity index (χ3v) is 3.05. The van der Waals surface area contributed by atoms with Crippen molar-refractivity contribution in [3.8, 4) is 0 Å². The Kier molecular flexibility index (Phi) is 4.41. The van der Waals surface area contributed by atoms with Crippen molar-refractivity contribution in [1.82, 2.24) is 0 Å². The van der Waals surface area contributed by atoms with Crippen LogP contribution in [0.2, 0.25) is 5.02 Å². The number of allylic oxidation sites excluding steroid dienone is 1. The maximum atomic E-state index is 6.03. The molecular formula is C11H13ClIN. The van der Waals surface area contributed by atoms with Gasteiger partial charge in [-0.15, -0.1) is 0 Å². The van der Waals surface area contributed by atoms with Gasteiger partial charge in [0.15, 0.2) is 0 Å². The minimum atomic E-state index is -0.0643. The molecule has 0 saturated heterocycles. The van der Waals surface area contributed by atoms with Gasteiger partial charge in [-0.2, -0.15) is 0 Å². The molecule has 1 unspecified atom stereocenters. The van der Waals surface area contributed by atoms with Gasteiger partial charge in [0.1, 0.15) is 0 Å². The third kappa shape index (κ3) is 3.26. The topological polar surface area (TPSA) is 26.0 Å². The van der Waals surface area contributed by atoms with E-state index in [0.717, 1.165) is 14.2 Å². The molecule has 2 N–H and O–H groups in total. The van der Waals surface area contributed by atoms with E-state index in [0.29, 0.717) is 0 Å². The normalized spacial score (nSPS) is 12.4. The Labute approximate surface area is 103 Å². The molecule has 3 heteroatoms. The molecule has 1 atom stereocenters. The predicted molar refractivity (Wildman–Crippen MR) is 70.5 cm³/mol. The molecule has 0 aliphatic carbocycles. The molecule has 0 spiro atoms. The van der Waals surface area contributed by atoms with Crippen LogP contribution in [0.4, 0.5) is 0 Å². The molecule has 1 aromatic rings. The highest BCUT2D eigenvalue weighted by Gasteiger charge is 2.07. The van der Waals surface area contributed by atoms with Gasteiger partial charge in [-0.05, 0) is 60.2 Å². The zero-order valence-corrected chi connectivity index (χ0v) is 11.1. The number of hydrogen-bond donors (Lipinski definition) is 1. The number of rotatable bonds is 2. The maximum absolute atomic E-state index is 6.03. The standard InChI is InChI=1S/C11H13ClIN/c1-7(2)5-11(14)9-6-8(12)3-4-10(9)13/h3-6,11H,14H2,1-2H3. The van der Waals surface area contributed by atoms with Crippen molar-refractivity contribution >= 4 is 34.2 Å². The Bertz CT molecular complexity index is 356. The van der Waals surface area contributed by atoms with Crippen molar-refractivity contribution in [3.05, 3.63) is 44.0 Å². The van der Waals surface area contributed by atoms with E-state index < -0.39 is 0 Å². The Morgan fingerprint density at radius 3 is 2.71 bits per heavy atom. The SMILES string of the molecule is CC(C)=CC(N)c1cc(Cl)ccc1I. The molecule has 76 valence electrons. The van der Waals surface area contributed by atoms with Gasteiger partial charge in [-0.25, -0.2) is 0 Å². The first-order valence-corrected chi connectivity index (χ1v) is 5.82. The molecule has 0 saturated carbocycles. The predicted octanol–water partition coefficient (Wildman–Crippen LogP) is 3.91. The average molecular weight is 322 g/mol. The molecule has 0 heterocycles. The van der Waals surface area contributed by atoms with Gasteiger partial charge in [0.05, 0.1) is 0 Å². The van der Waals surface area contributed by atoms with Crippen molar-refractivity contribution in [2.45, 2.75) is 19.9 Å². The molecule has 1 nitrogen and oxygen atoms in total. The lowest BCUT2D eigenvalue weighted by atomic mass is 10.1. The van der Waals surface area contributed by atoms with Crippen LogP contribution in [0.5, 0.6) is 0 Å². The molecule has 0 fully saturated rings. The summed E-state index contributed by atoms with van der Waals surface area (Å²) in [5, 5.41) is 0.734. The van der Waals surface area contributed by atoms with Crippen molar-refractivity contribution < 1.29 is 0 Å². The summed E-state index contributed by atoms with van der Waals surface area (Å²) in [6.45, 7) is 4.08. The summed E-state index contributed by atoms with van der Waals surface area (Å²) in [7, 11) is 0. The Morgan fingerprint density at radius 1 is 1.50 bits per heavy atom.